The average molecular weight is 761 g/mol. The molecular formula is C44H52N6O6. The molecule has 1 aromatic heterocycles. The number of carbonyl (C=O) groups is 5. The van der Waals surface area contributed by atoms with Gasteiger partial charge in [-0.05, 0) is 125 Å². The molecule has 3 atom stereocenters. The first-order valence-electron chi connectivity index (χ1n) is 19.8. The van der Waals surface area contributed by atoms with Crippen molar-refractivity contribution in [2.75, 3.05) is 25.0 Å². The lowest BCUT2D eigenvalue weighted by molar-refractivity contribution is -0.129. The second kappa shape index (κ2) is 16.3. The molecule has 0 spiro atoms. The van der Waals surface area contributed by atoms with E-state index in [2.05, 4.69) is 26.1 Å². The summed E-state index contributed by atoms with van der Waals surface area (Å²) in [4.78, 5) is 67.4. The number of aromatic nitrogens is 2. The first-order chi connectivity index (χ1) is 26.8. The van der Waals surface area contributed by atoms with Gasteiger partial charge in [-0.15, -0.1) is 0 Å². The Balaban J connectivity index is 1.01. The zero-order chi connectivity index (χ0) is 39.6. The van der Waals surface area contributed by atoms with E-state index in [4.69, 9.17) is 4.74 Å². The number of anilines is 1. The number of nitrogens with one attached hydrogen (secondary N) is 4. The predicted octanol–water partition coefficient (Wildman–Crippen LogP) is 6.59. The van der Waals surface area contributed by atoms with Crippen LogP contribution >= 0.6 is 0 Å². The van der Waals surface area contributed by atoms with E-state index in [1.165, 1.54) is 0 Å². The zero-order valence-electron chi connectivity index (χ0n) is 32.7. The molecule has 4 amide bonds. The minimum atomic E-state index is -0.587. The maximum Gasteiger partial charge on any atom is 0.407 e. The maximum atomic E-state index is 13.9. The number of amides is 4. The van der Waals surface area contributed by atoms with Gasteiger partial charge in [-0.1, -0.05) is 30.3 Å². The summed E-state index contributed by atoms with van der Waals surface area (Å²) in [6.07, 6.45) is 5.71. The monoisotopic (exact) mass is 760 g/mol. The molecule has 4 aromatic rings. The van der Waals surface area contributed by atoms with Crippen molar-refractivity contribution in [1.29, 1.82) is 0 Å². The summed E-state index contributed by atoms with van der Waals surface area (Å²) in [5.74, 6) is -0.575. The average Bonchev–Trinajstić information content (AvgIpc) is 3.91. The molecular weight excluding hydrogens is 709 g/mol. The van der Waals surface area contributed by atoms with E-state index in [-0.39, 0.29) is 53.7 Å². The molecule has 2 aliphatic heterocycles. The highest BCUT2D eigenvalue weighted by atomic mass is 16.6. The quantitative estimate of drug-likeness (QED) is 0.134. The van der Waals surface area contributed by atoms with Gasteiger partial charge >= 0.3 is 6.09 Å². The molecule has 2 unspecified atom stereocenters. The minimum Gasteiger partial charge on any atom is -0.444 e. The van der Waals surface area contributed by atoms with Crippen molar-refractivity contribution in [3.8, 4) is 11.1 Å². The third-order valence-electron chi connectivity index (χ3n) is 11.6. The lowest BCUT2D eigenvalue weighted by Gasteiger charge is -2.29. The summed E-state index contributed by atoms with van der Waals surface area (Å²) in [5.41, 5.74) is 5.29. The Morgan fingerprint density at radius 1 is 0.964 bits per heavy atom. The number of aromatic amines is 1. The van der Waals surface area contributed by atoms with Crippen LogP contribution in [0.1, 0.15) is 80.8 Å². The largest absolute Gasteiger partial charge is 0.444 e. The number of Topliss-reactive ketones (excluding diaryl/α,β-unsaturated/α-hetero) is 1. The van der Waals surface area contributed by atoms with Crippen LogP contribution in [0.4, 0.5) is 10.5 Å². The Morgan fingerprint density at radius 2 is 1.73 bits per heavy atom. The van der Waals surface area contributed by atoms with Crippen LogP contribution in [-0.2, 0) is 25.5 Å². The standard InChI is InChI=1S/C44H52N6O6/c1-26-19-31(42(54)50-18-17-33-24-45-41(53)39(33)50)14-16-36(26)29-9-5-27(6-10-29)20-34(40(52)48-35-15-13-32-25-47-49-37(32)22-35)21-38(51)30-11-7-28(8-12-30)23-46-43(55)56-44(2,3)4/h5-6,9-10,13-16,19,22,25,28,30,33-34,39H,7-8,11-12,17-18,20-21,23-24H2,1-4H3,(H,45,53)(H,46,55)(H,47,49)(H,48,52)/t28?,30?,33?,34-,39?/m1/s1. The Morgan fingerprint density at radius 3 is 2.46 bits per heavy atom. The fourth-order valence-electron chi connectivity index (χ4n) is 8.54. The summed E-state index contributed by atoms with van der Waals surface area (Å²) in [7, 11) is 0. The van der Waals surface area contributed by atoms with Crippen molar-refractivity contribution in [2.24, 2.45) is 23.7 Å². The first-order valence-corrected chi connectivity index (χ1v) is 19.8. The molecule has 3 heterocycles. The first kappa shape index (κ1) is 38.7. The second-order valence-electron chi connectivity index (χ2n) is 16.8. The number of ketones is 1. The molecule has 0 bridgehead atoms. The second-order valence-corrected chi connectivity index (χ2v) is 16.8. The number of hydrogen-bond donors (Lipinski definition) is 4. The molecule has 0 radical (unpaired) electrons. The normalized spacial score (nSPS) is 21.3. The van der Waals surface area contributed by atoms with Gasteiger partial charge in [0, 0.05) is 60.4 Å². The Bertz CT molecular complexity index is 2110. The molecule has 12 nitrogen and oxygen atoms in total. The van der Waals surface area contributed by atoms with Crippen LogP contribution in [0.2, 0.25) is 0 Å². The van der Waals surface area contributed by atoms with Crippen molar-refractivity contribution in [3.63, 3.8) is 0 Å². The van der Waals surface area contributed by atoms with Crippen molar-refractivity contribution < 1.29 is 28.7 Å². The molecule has 294 valence electrons. The van der Waals surface area contributed by atoms with Crippen molar-refractivity contribution >= 4 is 46.2 Å². The topological polar surface area (TPSA) is 163 Å². The van der Waals surface area contributed by atoms with Crippen LogP contribution in [0.25, 0.3) is 22.0 Å². The lowest BCUT2D eigenvalue weighted by atomic mass is 9.77. The van der Waals surface area contributed by atoms with Gasteiger partial charge in [0.2, 0.25) is 11.8 Å². The Labute approximate surface area is 327 Å². The molecule has 7 rings (SSSR count). The van der Waals surface area contributed by atoms with E-state index in [1.807, 2.05) is 88.4 Å². The number of likely N-dealkylation sites (tertiary alicyclic amines) is 1. The maximum absolute atomic E-state index is 13.9. The van der Waals surface area contributed by atoms with Crippen LogP contribution in [0, 0.1) is 30.6 Å². The van der Waals surface area contributed by atoms with Crippen molar-refractivity contribution in [3.05, 3.63) is 83.6 Å². The SMILES string of the molecule is Cc1cc(C(=O)N2CCC3CNC(=O)C32)ccc1-c1ccc(C[C@H](CC(=O)C2CCC(CNC(=O)OC(C)(C)C)CC2)C(=O)Nc2ccc3cn[nH]c3c2)cc1. The van der Waals surface area contributed by atoms with Crippen LogP contribution in [-0.4, -0.2) is 76.0 Å². The van der Waals surface area contributed by atoms with Gasteiger partial charge in [0.05, 0.1) is 11.7 Å². The number of hydrogen-bond acceptors (Lipinski definition) is 7. The zero-order valence-corrected chi connectivity index (χ0v) is 32.7. The number of aryl methyl sites for hydroxylation is 1. The van der Waals surface area contributed by atoms with Crippen LogP contribution in [0.5, 0.6) is 0 Å². The third kappa shape index (κ3) is 8.95. The summed E-state index contributed by atoms with van der Waals surface area (Å²) in [5, 5.41) is 16.8. The van der Waals surface area contributed by atoms with Crippen LogP contribution in [0.15, 0.2) is 66.9 Å². The summed E-state index contributed by atoms with van der Waals surface area (Å²) in [6.45, 7) is 9.21. The minimum absolute atomic E-state index is 0.0670. The van der Waals surface area contributed by atoms with Crippen LogP contribution in [0.3, 0.4) is 0 Å². The van der Waals surface area contributed by atoms with Crippen LogP contribution < -0.4 is 16.0 Å². The molecule has 3 aliphatic rings. The molecule has 3 fully saturated rings. The van der Waals surface area contributed by atoms with E-state index in [0.29, 0.717) is 37.3 Å². The summed E-state index contributed by atoms with van der Waals surface area (Å²) in [6, 6.07) is 18.9. The summed E-state index contributed by atoms with van der Waals surface area (Å²) < 4.78 is 5.37. The van der Waals surface area contributed by atoms with Gasteiger partial charge in [0.1, 0.15) is 17.4 Å². The molecule has 56 heavy (non-hydrogen) atoms. The van der Waals surface area contributed by atoms with Crippen molar-refractivity contribution in [2.45, 2.75) is 84.3 Å². The van der Waals surface area contributed by atoms with Gasteiger partial charge in [-0.25, -0.2) is 4.79 Å². The number of benzene rings is 3. The predicted molar refractivity (Wildman–Crippen MR) is 214 cm³/mol. The molecule has 1 aliphatic carbocycles. The Kier molecular flexibility index (Phi) is 11.3. The third-order valence-corrected chi connectivity index (χ3v) is 11.6. The number of rotatable bonds is 11. The van der Waals surface area contributed by atoms with Gasteiger partial charge in [0.25, 0.3) is 5.91 Å². The molecule has 12 heteroatoms. The molecule has 2 saturated heterocycles. The molecule has 3 aromatic carbocycles. The van der Waals surface area contributed by atoms with Gasteiger partial charge in [-0.3, -0.25) is 24.3 Å². The van der Waals surface area contributed by atoms with Crippen molar-refractivity contribution in [1.82, 2.24) is 25.7 Å². The van der Waals surface area contributed by atoms with E-state index in [9.17, 15) is 24.0 Å². The number of carbonyl (C=O) groups excluding carboxylic acids is 5. The van der Waals surface area contributed by atoms with E-state index in [0.717, 1.165) is 65.3 Å². The smallest absolute Gasteiger partial charge is 0.407 e. The van der Waals surface area contributed by atoms with Gasteiger partial charge in [-0.2, -0.15) is 5.10 Å². The van der Waals surface area contributed by atoms with E-state index < -0.39 is 17.6 Å². The number of fused-ring (bicyclic) bond motifs is 2. The van der Waals surface area contributed by atoms with Gasteiger partial charge in [0.15, 0.2) is 0 Å². The number of nitrogens with zero attached hydrogens (tertiary/aromatic N) is 2. The highest BCUT2D eigenvalue weighted by Gasteiger charge is 2.46. The van der Waals surface area contributed by atoms with E-state index in [1.54, 1.807) is 11.1 Å². The number of H-pyrrole nitrogens is 1. The fraction of sp³-hybridized carbons (Fsp3) is 0.455. The highest BCUT2D eigenvalue weighted by molar-refractivity contribution is 6.00. The lowest BCUT2D eigenvalue weighted by Crippen LogP contribution is -2.42. The Hall–Kier alpha value is -5.52. The molecule has 4 N–H and O–H groups in total. The summed E-state index contributed by atoms with van der Waals surface area (Å²) >= 11 is 0. The number of ether oxygens (including phenoxy) is 1. The number of alkyl carbamates (subject to hydrolysis) is 1. The van der Waals surface area contributed by atoms with E-state index >= 15 is 0 Å². The van der Waals surface area contributed by atoms with Gasteiger partial charge < -0.3 is 25.6 Å². The molecule has 1 saturated carbocycles. The highest BCUT2D eigenvalue weighted by Crippen LogP contribution is 2.33. The fourth-order valence-corrected chi connectivity index (χ4v) is 8.54.